The summed E-state index contributed by atoms with van der Waals surface area (Å²) in [5, 5.41) is 0. The lowest BCUT2D eigenvalue weighted by Crippen LogP contribution is -2.43. The highest BCUT2D eigenvalue weighted by Gasteiger charge is 2.32. The fourth-order valence-electron chi connectivity index (χ4n) is 2.11. The van der Waals surface area contributed by atoms with E-state index in [-0.39, 0.29) is 11.1 Å². The lowest BCUT2D eigenvalue weighted by Gasteiger charge is -2.34. The summed E-state index contributed by atoms with van der Waals surface area (Å²) >= 11 is 0. The second-order valence-corrected chi connectivity index (χ2v) is 5.20. The average Bonchev–Trinajstić information content (AvgIpc) is 2.41. The van der Waals surface area contributed by atoms with E-state index in [2.05, 4.69) is 31.6 Å². The molecule has 1 atom stereocenters. The molecule has 86 valence electrons. The first kappa shape index (κ1) is 12.5. The van der Waals surface area contributed by atoms with Crippen molar-refractivity contribution in [2.75, 3.05) is 20.2 Å². The van der Waals surface area contributed by atoms with Crippen LogP contribution in [-0.2, 0) is 4.74 Å². The standard InChI is InChI=1S/C13H23NO/c1-6-12(2,3)14-10-7-8-13(4,15-5)9-11-14/h1H,7-11H2,2-5H3. The number of methoxy groups -OCH3 is 1. The molecular weight excluding hydrogens is 186 g/mol. The van der Waals surface area contributed by atoms with Crippen molar-refractivity contribution in [1.29, 1.82) is 0 Å². The normalized spacial score (nSPS) is 29.5. The van der Waals surface area contributed by atoms with Gasteiger partial charge in [-0.3, -0.25) is 4.90 Å². The van der Waals surface area contributed by atoms with Crippen LogP contribution in [0.3, 0.4) is 0 Å². The van der Waals surface area contributed by atoms with Gasteiger partial charge in [-0.2, -0.15) is 0 Å². The van der Waals surface area contributed by atoms with Gasteiger partial charge < -0.3 is 4.74 Å². The zero-order chi connectivity index (χ0) is 11.5. The van der Waals surface area contributed by atoms with E-state index < -0.39 is 0 Å². The second kappa shape index (κ2) is 4.55. The van der Waals surface area contributed by atoms with Gasteiger partial charge in [0.2, 0.25) is 0 Å². The minimum atomic E-state index is -0.126. The molecule has 1 heterocycles. The molecule has 0 spiro atoms. The smallest absolute Gasteiger partial charge is 0.0766 e. The van der Waals surface area contributed by atoms with Gasteiger partial charge in [0, 0.05) is 13.7 Å². The van der Waals surface area contributed by atoms with Crippen molar-refractivity contribution in [2.24, 2.45) is 0 Å². The van der Waals surface area contributed by atoms with Gasteiger partial charge in [-0.05, 0) is 46.6 Å². The molecule has 0 aliphatic carbocycles. The molecule has 0 amide bonds. The summed E-state index contributed by atoms with van der Waals surface area (Å²) in [4.78, 5) is 2.39. The van der Waals surface area contributed by atoms with Crippen LogP contribution in [0.2, 0.25) is 0 Å². The lowest BCUT2D eigenvalue weighted by molar-refractivity contribution is -0.00703. The van der Waals surface area contributed by atoms with Crippen LogP contribution < -0.4 is 0 Å². The largest absolute Gasteiger partial charge is 0.378 e. The molecule has 1 fully saturated rings. The average molecular weight is 209 g/mol. The first-order valence-electron chi connectivity index (χ1n) is 5.71. The fraction of sp³-hybridized carbons (Fsp3) is 0.846. The Kier molecular flexibility index (Phi) is 3.81. The number of terminal acetylenes is 1. The highest BCUT2D eigenvalue weighted by Crippen LogP contribution is 2.28. The zero-order valence-electron chi connectivity index (χ0n) is 10.5. The maximum absolute atomic E-state index is 5.57. The van der Waals surface area contributed by atoms with Crippen molar-refractivity contribution in [3.63, 3.8) is 0 Å². The van der Waals surface area contributed by atoms with Crippen LogP contribution in [0, 0.1) is 12.3 Å². The van der Waals surface area contributed by atoms with Crippen molar-refractivity contribution < 1.29 is 4.74 Å². The van der Waals surface area contributed by atoms with E-state index in [1.165, 1.54) is 0 Å². The van der Waals surface area contributed by atoms with E-state index in [4.69, 9.17) is 11.2 Å². The van der Waals surface area contributed by atoms with Gasteiger partial charge >= 0.3 is 0 Å². The summed E-state index contributed by atoms with van der Waals surface area (Å²) in [7, 11) is 1.81. The van der Waals surface area contributed by atoms with Gasteiger partial charge in [0.15, 0.2) is 0 Å². The Labute approximate surface area is 94.0 Å². The quantitative estimate of drug-likeness (QED) is 0.647. The van der Waals surface area contributed by atoms with Crippen molar-refractivity contribution in [3.05, 3.63) is 0 Å². The van der Waals surface area contributed by atoms with Crippen LogP contribution in [-0.4, -0.2) is 36.2 Å². The number of nitrogens with zero attached hydrogens (tertiary/aromatic N) is 1. The predicted molar refractivity (Wildman–Crippen MR) is 63.8 cm³/mol. The van der Waals surface area contributed by atoms with Gasteiger partial charge in [0.1, 0.15) is 0 Å². The summed E-state index contributed by atoms with van der Waals surface area (Å²) in [5.41, 5.74) is -0.0849. The van der Waals surface area contributed by atoms with Crippen molar-refractivity contribution in [1.82, 2.24) is 4.90 Å². The van der Waals surface area contributed by atoms with Crippen molar-refractivity contribution in [2.45, 2.75) is 51.2 Å². The van der Waals surface area contributed by atoms with E-state index in [9.17, 15) is 0 Å². The first-order chi connectivity index (χ1) is 6.93. The molecule has 0 bridgehead atoms. The zero-order valence-corrected chi connectivity index (χ0v) is 10.5. The van der Waals surface area contributed by atoms with E-state index in [1.807, 2.05) is 7.11 Å². The van der Waals surface area contributed by atoms with Gasteiger partial charge in [-0.25, -0.2) is 0 Å². The monoisotopic (exact) mass is 209 g/mol. The molecule has 1 rings (SSSR count). The topological polar surface area (TPSA) is 12.5 Å². The molecule has 0 radical (unpaired) electrons. The second-order valence-electron chi connectivity index (χ2n) is 5.20. The number of ether oxygens (including phenoxy) is 1. The summed E-state index contributed by atoms with van der Waals surface area (Å²) < 4.78 is 5.57. The van der Waals surface area contributed by atoms with Crippen LogP contribution in [0.4, 0.5) is 0 Å². The van der Waals surface area contributed by atoms with E-state index in [1.54, 1.807) is 0 Å². The van der Waals surface area contributed by atoms with E-state index in [0.29, 0.717) is 0 Å². The molecule has 0 aromatic rings. The Bertz CT molecular complexity index is 254. The van der Waals surface area contributed by atoms with Gasteiger partial charge in [-0.15, -0.1) is 6.42 Å². The van der Waals surface area contributed by atoms with Gasteiger partial charge in [0.05, 0.1) is 11.1 Å². The Morgan fingerprint density at radius 2 is 2.00 bits per heavy atom. The summed E-state index contributed by atoms with van der Waals surface area (Å²) in [5.74, 6) is 2.87. The minimum absolute atomic E-state index is 0.0411. The number of rotatable bonds is 2. The third-order valence-electron chi connectivity index (χ3n) is 3.68. The van der Waals surface area contributed by atoms with Gasteiger partial charge in [-0.1, -0.05) is 5.92 Å². The minimum Gasteiger partial charge on any atom is -0.378 e. The molecule has 0 saturated carbocycles. The Balaban J connectivity index is 2.65. The highest BCUT2D eigenvalue weighted by molar-refractivity contribution is 5.09. The SMILES string of the molecule is C#CC(C)(C)N1CCCC(C)(OC)CC1. The Morgan fingerprint density at radius 1 is 1.33 bits per heavy atom. The summed E-state index contributed by atoms with van der Waals surface area (Å²) in [6.07, 6.45) is 8.92. The van der Waals surface area contributed by atoms with Crippen molar-refractivity contribution >= 4 is 0 Å². The third-order valence-corrected chi connectivity index (χ3v) is 3.68. The molecule has 1 aliphatic heterocycles. The molecule has 1 unspecified atom stereocenters. The fourth-order valence-corrected chi connectivity index (χ4v) is 2.11. The molecule has 1 saturated heterocycles. The summed E-state index contributed by atoms with van der Waals surface area (Å²) in [6, 6.07) is 0. The predicted octanol–water partition coefficient (Wildman–Crippen LogP) is 2.29. The van der Waals surface area contributed by atoms with E-state index >= 15 is 0 Å². The molecule has 0 N–H and O–H groups in total. The molecule has 2 nitrogen and oxygen atoms in total. The maximum atomic E-state index is 5.57. The Hall–Kier alpha value is -0.520. The Morgan fingerprint density at radius 3 is 2.53 bits per heavy atom. The lowest BCUT2D eigenvalue weighted by atomic mass is 9.97. The summed E-state index contributed by atoms with van der Waals surface area (Å²) in [6.45, 7) is 8.53. The molecule has 2 heteroatoms. The molecule has 0 aromatic heterocycles. The molecular formula is C13H23NO. The van der Waals surface area contributed by atoms with Crippen LogP contribution in [0.5, 0.6) is 0 Å². The van der Waals surface area contributed by atoms with Crippen LogP contribution in [0.15, 0.2) is 0 Å². The van der Waals surface area contributed by atoms with E-state index in [0.717, 1.165) is 32.4 Å². The number of likely N-dealkylation sites (tertiary alicyclic amines) is 1. The van der Waals surface area contributed by atoms with Gasteiger partial charge in [0.25, 0.3) is 0 Å². The highest BCUT2D eigenvalue weighted by atomic mass is 16.5. The van der Waals surface area contributed by atoms with Crippen LogP contribution in [0.1, 0.15) is 40.0 Å². The van der Waals surface area contributed by atoms with Crippen LogP contribution >= 0.6 is 0 Å². The number of hydrogen-bond donors (Lipinski definition) is 0. The third kappa shape index (κ3) is 2.96. The van der Waals surface area contributed by atoms with Crippen LogP contribution in [0.25, 0.3) is 0 Å². The molecule has 0 aromatic carbocycles. The molecule has 1 aliphatic rings. The number of hydrogen-bond acceptors (Lipinski definition) is 2. The maximum Gasteiger partial charge on any atom is 0.0766 e. The first-order valence-corrected chi connectivity index (χ1v) is 5.71. The molecule has 15 heavy (non-hydrogen) atoms. The van der Waals surface area contributed by atoms with Crippen molar-refractivity contribution in [3.8, 4) is 12.3 Å².